The quantitative estimate of drug-likeness (QED) is 0.0147. The molecule has 1 saturated carbocycles. The van der Waals surface area contributed by atoms with Crippen LogP contribution in [0.4, 0.5) is 0 Å². The molecule has 13 heteroatoms. The zero-order chi connectivity index (χ0) is 49.8. The summed E-state index contributed by atoms with van der Waals surface area (Å²) < 4.78 is 34.2. The molecule has 1 rings (SSSR count). The van der Waals surface area contributed by atoms with Crippen molar-refractivity contribution >= 4 is 13.8 Å². The lowest BCUT2D eigenvalue weighted by Gasteiger charge is -2.41. The maximum atomic E-state index is 12.9. The Balaban J connectivity index is 2.42. The molecule has 0 aromatic rings. The molecule has 0 amide bonds. The molecule has 1 aliphatic carbocycles. The van der Waals surface area contributed by atoms with E-state index in [4.69, 9.17) is 18.5 Å². The molecule has 6 atom stereocenters. The van der Waals surface area contributed by atoms with Crippen LogP contribution in [0.5, 0.6) is 0 Å². The van der Waals surface area contributed by atoms with Crippen LogP contribution in [0.1, 0.15) is 155 Å². The van der Waals surface area contributed by atoms with Crippen molar-refractivity contribution in [1.29, 1.82) is 0 Å². The van der Waals surface area contributed by atoms with Crippen molar-refractivity contribution in [2.75, 3.05) is 19.8 Å². The highest BCUT2D eigenvalue weighted by Crippen LogP contribution is 2.47. The van der Waals surface area contributed by atoms with Gasteiger partial charge in [0.1, 0.15) is 42.7 Å². The Labute approximate surface area is 409 Å². The van der Waals surface area contributed by atoms with E-state index in [1.54, 1.807) is 0 Å². The van der Waals surface area contributed by atoms with Crippen LogP contribution in [0.25, 0.3) is 0 Å². The van der Waals surface area contributed by atoms with Gasteiger partial charge in [-0.25, -0.2) is 4.57 Å². The first kappa shape index (κ1) is 62.8. The van der Waals surface area contributed by atoms with Crippen molar-refractivity contribution in [2.24, 2.45) is 0 Å². The SMILES string of the molecule is CC/C=C\C/C=C\C/C=C\C/C=C\C/C=C\C/C=C\C/C=C\CCCC(=O)OC(COCCCCCCCCCC/C=C\C/C=C\C/C=C\CC)COP(=O)(O)OC1C(O)C(O)C(O)C(O)C1O. The number of unbranched alkanes of at least 4 members (excludes halogenated alkanes) is 9. The number of carbonyl (C=O) groups excluding carboxylic acids is 1. The highest BCUT2D eigenvalue weighted by Gasteiger charge is 2.51. The smallest absolute Gasteiger partial charge is 0.457 e. The molecule has 68 heavy (non-hydrogen) atoms. The molecule has 0 aromatic heterocycles. The standard InChI is InChI=1S/C55H89O12P/c1-3-5-7-9-11-13-15-17-19-21-23-24-25-26-27-28-30-32-34-36-38-40-42-44-49(56)66-48(47-65-68(62,63)67-55-53(60)51(58)50(57)52(59)54(55)61)46-64-45-43-41-39-37-35-33-31-29-22-20-18-16-14-12-10-8-6-4-2/h5-8,11-14,17-20,23-24,26-27,30,32,36,38,48,50-55,57-61H,3-4,9-10,15-16,21-22,25,28-29,31,33-35,37,39-47H2,1-2H3,(H,62,63)/b7-5-,8-6-,13-11-,14-12-,19-17-,20-18-,24-23-,27-26-,32-30-,38-36-. The lowest BCUT2D eigenvalue weighted by molar-refractivity contribution is -0.220. The third kappa shape index (κ3) is 34.9. The molecule has 1 fully saturated rings. The van der Waals surface area contributed by atoms with Gasteiger partial charge >= 0.3 is 13.8 Å². The summed E-state index contributed by atoms with van der Waals surface area (Å²) in [5.41, 5.74) is 0. The third-order valence-corrected chi connectivity index (χ3v) is 11.8. The summed E-state index contributed by atoms with van der Waals surface area (Å²) in [4.78, 5) is 23.2. The van der Waals surface area contributed by atoms with Crippen LogP contribution in [0.15, 0.2) is 122 Å². The maximum Gasteiger partial charge on any atom is 0.472 e. The zero-order valence-corrected chi connectivity index (χ0v) is 42.2. The summed E-state index contributed by atoms with van der Waals surface area (Å²) in [5, 5.41) is 50.3. The first-order valence-electron chi connectivity index (χ1n) is 25.4. The number of allylic oxidation sites excluding steroid dienone is 20. The second-order valence-corrected chi connectivity index (χ2v) is 18.3. The van der Waals surface area contributed by atoms with Gasteiger partial charge < -0.3 is 39.9 Å². The van der Waals surface area contributed by atoms with Gasteiger partial charge in [0.2, 0.25) is 0 Å². The van der Waals surface area contributed by atoms with Gasteiger partial charge in [0.15, 0.2) is 0 Å². The third-order valence-electron chi connectivity index (χ3n) is 10.8. The number of ether oxygens (including phenoxy) is 2. The van der Waals surface area contributed by atoms with Crippen LogP contribution >= 0.6 is 7.82 Å². The molecule has 386 valence electrons. The lowest BCUT2D eigenvalue weighted by Crippen LogP contribution is -2.64. The van der Waals surface area contributed by atoms with Gasteiger partial charge in [-0.1, -0.05) is 174 Å². The van der Waals surface area contributed by atoms with Crippen LogP contribution in [-0.4, -0.2) is 98.9 Å². The lowest BCUT2D eigenvalue weighted by atomic mass is 9.85. The van der Waals surface area contributed by atoms with Crippen molar-refractivity contribution in [3.63, 3.8) is 0 Å². The van der Waals surface area contributed by atoms with Gasteiger partial charge in [0.25, 0.3) is 0 Å². The number of phosphoric ester groups is 1. The van der Waals surface area contributed by atoms with Gasteiger partial charge in [-0.15, -0.1) is 0 Å². The summed E-state index contributed by atoms with van der Waals surface area (Å²) in [7, 11) is -5.05. The van der Waals surface area contributed by atoms with Crippen LogP contribution in [0, 0.1) is 0 Å². The molecule has 0 heterocycles. The highest BCUT2D eigenvalue weighted by atomic mass is 31.2. The predicted molar refractivity (Wildman–Crippen MR) is 276 cm³/mol. The topological polar surface area (TPSA) is 192 Å². The molecule has 0 radical (unpaired) electrons. The van der Waals surface area contributed by atoms with E-state index in [0.717, 1.165) is 96.3 Å². The largest absolute Gasteiger partial charge is 0.472 e. The molecule has 6 unspecified atom stereocenters. The van der Waals surface area contributed by atoms with E-state index >= 15 is 0 Å². The number of aliphatic hydroxyl groups excluding tert-OH is 5. The summed E-state index contributed by atoms with van der Waals surface area (Å²) >= 11 is 0. The summed E-state index contributed by atoms with van der Waals surface area (Å²) in [6, 6.07) is 0. The normalized spacial score (nSPS) is 22.2. The van der Waals surface area contributed by atoms with Crippen molar-refractivity contribution in [2.45, 2.75) is 198 Å². The van der Waals surface area contributed by atoms with Gasteiger partial charge in [0, 0.05) is 13.0 Å². The van der Waals surface area contributed by atoms with Gasteiger partial charge in [-0.2, -0.15) is 0 Å². The van der Waals surface area contributed by atoms with E-state index in [0.29, 0.717) is 19.4 Å². The van der Waals surface area contributed by atoms with Crippen molar-refractivity contribution in [1.82, 2.24) is 0 Å². The van der Waals surface area contributed by atoms with E-state index in [2.05, 4.69) is 123 Å². The summed E-state index contributed by atoms with van der Waals surface area (Å²) in [6.45, 7) is 3.94. The highest BCUT2D eigenvalue weighted by molar-refractivity contribution is 7.47. The van der Waals surface area contributed by atoms with Gasteiger partial charge in [0.05, 0.1) is 13.2 Å². The number of esters is 1. The minimum Gasteiger partial charge on any atom is -0.457 e. The van der Waals surface area contributed by atoms with Gasteiger partial charge in [-0.05, 0) is 96.3 Å². The van der Waals surface area contributed by atoms with E-state index in [-0.39, 0.29) is 13.0 Å². The zero-order valence-electron chi connectivity index (χ0n) is 41.3. The number of aliphatic hydroxyl groups is 5. The van der Waals surface area contributed by atoms with Crippen molar-refractivity contribution < 1.29 is 58.3 Å². The Hall–Kier alpha value is -3.26. The number of rotatable bonds is 41. The minimum absolute atomic E-state index is 0.0956. The molecule has 6 N–H and O–H groups in total. The molecular formula is C55H89O12P. The molecule has 12 nitrogen and oxygen atoms in total. The first-order valence-corrected chi connectivity index (χ1v) is 26.9. The fraction of sp³-hybridized carbons (Fsp3) is 0.618. The van der Waals surface area contributed by atoms with Crippen LogP contribution < -0.4 is 0 Å². The monoisotopic (exact) mass is 973 g/mol. The molecule has 0 spiro atoms. The second-order valence-electron chi connectivity index (χ2n) is 16.9. The Morgan fingerprint density at radius 3 is 1.25 bits per heavy atom. The molecule has 1 aliphatic rings. The fourth-order valence-electron chi connectivity index (χ4n) is 6.89. The van der Waals surface area contributed by atoms with E-state index < -0.39 is 63.1 Å². The fourth-order valence-corrected chi connectivity index (χ4v) is 7.86. The summed E-state index contributed by atoms with van der Waals surface area (Å²) in [5.74, 6) is -0.543. The molecule has 0 saturated heterocycles. The van der Waals surface area contributed by atoms with Crippen molar-refractivity contribution in [3.8, 4) is 0 Å². The number of phosphoric acid groups is 1. The van der Waals surface area contributed by atoms with E-state index in [9.17, 15) is 39.8 Å². The van der Waals surface area contributed by atoms with E-state index in [1.807, 2.05) is 12.2 Å². The molecule has 0 aromatic carbocycles. The molecular weight excluding hydrogens is 884 g/mol. The van der Waals surface area contributed by atoms with Crippen LogP contribution in [0.3, 0.4) is 0 Å². The Kier molecular flexibility index (Phi) is 40.4. The molecule has 0 aliphatic heterocycles. The van der Waals surface area contributed by atoms with E-state index in [1.165, 1.54) is 25.7 Å². The Morgan fingerprint density at radius 2 is 0.824 bits per heavy atom. The second kappa shape index (κ2) is 43.7. The number of hydrogen-bond donors (Lipinski definition) is 6. The van der Waals surface area contributed by atoms with Crippen molar-refractivity contribution in [3.05, 3.63) is 122 Å². The Morgan fingerprint density at radius 1 is 0.471 bits per heavy atom. The minimum atomic E-state index is -5.05. The first-order chi connectivity index (χ1) is 33.0. The average Bonchev–Trinajstić information content (AvgIpc) is 3.32. The predicted octanol–water partition coefficient (Wildman–Crippen LogP) is 11.4. The summed E-state index contributed by atoms with van der Waals surface area (Å²) in [6.07, 6.45) is 51.2. The average molecular weight is 973 g/mol. The van der Waals surface area contributed by atoms with Gasteiger partial charge in [-0.3, -0.25) is 13.8 Å². The maximum absolute atomic E-state index is 12.9. The van der Waals surface area contributed by atoms with Crippen LogP contribution in [0.2, 0.25) is 0 Å². The number of hydrogen-bond acceptors (Lipinski definition) is 11. The van der Waals surface area contributed by atoms with Crippen LogP contribution in [-0.2, 0) is 27.9 Å². The Bertz CT molecular complexity index is 1580. The molecule has 0 bridgehead atoms. The number of carbonyl (C=O) groups is 1.